The number of halogens is 1. The van der Waals surface area contributed by atoms with Crippen LogP contribution in [0.4, 0.5) is 14.9 Å². The Labute approximate surface area is 180 Å². The van der Waals surface area contributed by atoms with Crippen LogP contribution in [0.25, 0.3) is 0 Å². The van der Waals surface area contributed by atoms with Crippen molar-refractivity contribution in [3.63, 3.8) is 0 Å². The maximum atomic E-state index is 14.6. The number of nitrogens with zero attached hydrogens (tertiary/aromatic N) is 2. The first kappa shape index (κ1) is 20.8. The van der Waals surface area contributed by atoms with E-state index in [1.807, 2.05) is 6.07 Å². The van der Waals surface area contributed by atoms with Crippen molar-refractivity contribution >= 4 is 23.3 Å². The number of amides is 3. The van der Waals surface area contributed by atoms with Crippen molar-refractivity contribution in [2.24, 2.45) is 4.99 Å². The Balaban J connectivity index is 1.63. The van der Waals surface area contributed by atoms with Crippen LogP contribution < -0.4 is 15.5 Å². The third-order valence-corrected chi connectivity index (χ3v) is 5.60. The molecule has 160 valence electrons. The summed E-state index contributed by atoms with van der Waals surface area (Å²) in [7, 11) is 1.63. The molecule has 7 heteroatoms. The number of urea groups is 1. The highest BCUT2D eigenvalue weighted by atomic mass is 19.1. The molecule has 0 spiro atoms. The van der Waals surface area contributed by atoms with Gasteiger partial charge in [-0.15, -0.1) is 0 Å². The van der Waals surface area contributed by atoms with Gasteiger partial charge in [0, 0.05) is 24.7 Å². The smallest absolute Gasteiger partial charge is 0.317 e. The summed E-state index contributed by atoms with van der Waals surface area (Å²) in [6.07, 6.45) is 5.27. The van der Waals surface area contributed by atoms with Crippen LogP contribution in [-0.2, 0) is 4.79 Å². The average molecular weight is 420 g/mol. The summed E-state index contributed by atoms with van der Waals surface area (Å²) in [5, 5.41) is 5.46. The Morgan fingerprint density at radius 2 is 1.87 bits per heavy atom. The number of aliphatic imine (C=N–C) groups is 1. The fraction of sp³-hybridized carbons (Fsp3) is 0.292. The number of rotatable bonds is 4. The van der Waals surface area contributed by atoms with Gasteiger partial charge in [0.25, 0.3) is 5.91 Å². The van der Waals surface area contributed by atoms with E-state index in [-0.39, 0.29) is 5.56 Å². The zero-order valence-corrected chi connectivity index (χ0v) is 17.4. The number of likely N-dealkylation sites (N-methyl/N-ethyl adjacent to an activating group) is 1. The minimum Gasteiger partial charge on any atom is -0.334 e. The van der Waals surface area contributed by atoms with Crippen molar-refractivity contribution in [1.29, 1.82) is 0 Å². The third-order valence-electron chi connectivity index (χ3n) is 5.60. The fourth-order valence-corrected chi connectivity index (χ4v) is 3.92. The lowest BCUT2D eigenvalue weighted by atomic mass is 10.00. The molecule has 0 saturated heterocycles. The van der Waals surface area contributed by atoms with E-state index in [0.717, 1.165) is 19.3 Å². The van der Waals surface area contributed by atoms with Crippen LogP contribution in [0.3, 0.4) is 0 Å². The van der Waals surface area contributed by atoms with E-state index in [1.165, 1.54) is 23.0 Å². The van der Waals surface area contributed by atoms with Gasteiger partial charge in [0.1, 0.15) is 5.82 Å². The molecule has 3 amide bonds. The maximum absolute atomic E-state index is 14.6. The number of nitrogens with one attached hydrogen (secondary N) is 2. The van der Waals surface area contributed by atoms with Gasteiger partial charge in [0.2, 0.25) is 6.17 Å². The van der Waals surface area contributed by atoms with E-state index >= 15 is 0 Å². The predicted octanol–water partition coefficient (Wildman–Crippen LogP) is 3.77. The zero-order chi connectivity index (χ0) is 21.8. The van der Waals surface area contributed by atoms with Gasteiger partial charge in [-0.25, -0.2) is 14.2 Å². The summed E-state index contributed by atoms with van der Waals surface area (Å²) in [4.78, 5) is 31.6. The Morgan fingerprint density at radius 1 is 1.13 bits per heavy atom. The molecule has 0 saturated carbocycles. The monoisotopic (exact) mass is 420 g/mol. The Kier molecular flexibility index (Phi) is 6.11. The van der Waals surface area contributed by atoms with Crippen LogP contribution in [0.1, 0.15) is 36.8 Å². The second-order valence-corrected chi connectivity index (χ2v) is 7.71. The maximum Gasteiger partial charge on any atom is 0.317 e. The highest BCUT2D eigenvalue weighted by molar-refractivity contribution is 6.20. The highest BCUT2D eigenvalue weighted by Gasteiger charge is 2.31. The number of para-hydroxylation sites is 1. The van der Waals surface area contributed by atoms with Crippen molar-refractivity contribution in [2.45, 2.75) is 31.8 Å². The fourth-order valence-electron chi connectivity index (χ4n) is 3.92. The van der Waals surface area contributed by atoms with Gasteiger partial charge >= 0.3 is 6.03 Å². The second kappa shape index (κ2) is 9.12. The predicted molar refractivity (Wildman–Crippen MR) is 119 cm³/mol. The minimum atomic E-state index is -1.17. The lowest BCUT2D eigenvalue weighted by molar-refractivity contribution is -0.119. The van der Waals surface area contributed by atoms with Crippen LogP contribution in [0.15, 0.2) is 65.2 Å². The van der Waals surface area contributed by atoms with Crippen LogP contribution in [-0.4, -0.2) is 37.4 Å². The molecule has 2 N–H and O–H groups in total. The van der Waals surface area contributed by atoms with Crippen LogP contribution in [0, 0.1) is 5.82 Å². The topological polar surface area (TPSA) is 73.8 Å². The first-order valence-corrected chi connectivity index (χ1v) is 10.5. The lowest BCUT2D eigenvalue weighted by Gasteiger charge is -2.21. The molecule has 1 aliphatic carbocycles. The number of anilines is 1. The minimum absolute atomic E-state index is 0.276. The third kappa shape index (κ3) is 4.50. The molecule has 2 aromatic carbocycles. The number of hydrogen-bond donors (Lipinski definition) is 2. The van der Waals surface area contributed by atoms with Gasteiger partial charge < -0.3 is 15.5 Å². The van der Waals surface area contributed by atoms with Crippen molar-refractivity contribution in [3.8, 4) is 0 Å². The summed E-state index contributed by atoms with van der Waals surface area (Å²) < 4.78 is 14.6. The van der Waals surface area contributed by atoms with Gasteiger partial charge in [-0.2, -0.15) is 0 Å². The highest BCUT2D eigenvalue weighted by Crippen LogP contribution is 2.28. The van der Waals surface area contributed by atoms with E-state index in [9.17, 15) is 14.0 Å². The quantitative estimate of drug-likeness (QED) is 0.739. The van der Waals surface area contributed by atoms with Gasteiger partial charge in [0.15, 0.2) is 0 Å². The van der Waals surface area contributed by atoms with Crippen molar-refractivity contribution in [2.75, 3.05) is 18.5 Å². The number of carbonyl (C=O) groups is 2. The zero-order valence-electron chi connectivity index (χ0n) is 17.4. The first-order valence-electron chi connectivity index (χ1n) is 10.5. The molecule has 0 bridgehead atoms. The standard InChI is InChI=1S/C24H25FN4O2/c1-29-20-14-8-6-12-18(20)21(17-11-5-7-13-19(17)25)27-22(23(29)30)28-24(31)26-15-16-9-3-2-4-10-16/h5-9,11-14,22H,2-4,10,15H2,1H3,(H2,26,28,31). The van der Waals surface area contributed by atoms with E-state index in [1.54, 1.807) is 43.4 Å². The van der Waals surface area contributed by atoms with Crippen molar-refractivity contribution < 1.29 is 14.0 Å². The molecular weight excluding hydrogens is 395 g/mol. The molecule has 1 unspecified atom stereocenters. The molecular formula is C24H25FN4O2. The van der Waals surface area contributed by atoms with E-state index in [2.05, 4.69) is 21.7 Å². The molecule has 0 fully saturated rings. The number of hydrogen-bond acceptors (Lipinski definition) is 3. The normalized spacial score (nSPS) is 18.5. The average Bonchev–Trinajstić information content (AvgIpc) is 2.90. The van der Waals surface area contributed by atoms with Gasteiger partial charge in [-0.3, -0.25) is 4.79 Å². The Morgan fingerprint density at radius 3 is 2.61 bits per heavy atom. The van der Waals surface area contributed by atoms with Crippen molar-refractivity contribution in [1.82, 2.24) is 10.6 Å². The summed E-state index contributed by atoms with van der Waals surface area (Å²) in [5.41, 5.74) is 3.02. The SMILES string of the molecule is CN1C(=O)C(NC(=O)NCC2=CCCCC2)N=C(c2ccccc2F)c2ccccc21. The summed E-state index contributed by atoms with van der Waals surface area (Å²) in [6, 6.07) is 13.0. The number of allylic oxidation sites excluding steroid dienone is 1. The molecule has 2 aliphatic rings. The molecule has 1 heterocycles. The number of carbonyl (C=O) groups excluding carboxylic acids is 2. The molecule has 1 atom stereocenters. The molecule has 0 aromatic heterocycles. The summed E-state index contributed by atoms with van der Waals surface area (Å²) in [6.45, 7) is 0.437. The number of benzodiazepines with no additional fused rings is 1. The van der Waals surface area contributed by atoms with E-state index < -0.39 is 23.9 Å². The first-order chi connectivity index (χ1) is 15.0. The van der Waals surface area contributed by atoms with Gasteiger partial charge in [0.05, 0.1) is 11.4 Å². The lowest BCUT2D eigenvalue weighted by Crippen LogP contribution is -2.49. The molecule has 1 aliphatic heterocycles. The van der Waals surface area contributed by atoms with Crippen LogP contribution >= 0.6 is 0 Å². The molecule has 2 aromatic rings. The Hall–Kier alpha value is -3.48. The van der Waals surface area contributed by atoms with E-state index in [0.29, 0.717) is 23.5 Å². The van der Waals surface area contributed by atoms with E-state index in [4.69, 9.17) is 0 Å². The van der Waals surface area contributed by atoms with Gasteiger partial charge in [-0.05, 0) is 43.9 Å². The van der Waals surface area contributed by atoms with Gasteiger partial charge in [-0.1, -0.05) is 42.0 Å². The molecule has 31 heavy (non-hydrogen) atoms. The number of benzene rings is 2. The summed E-state index contributed by atoms with van der Waals surface area (Å²) in [5.74, 6) is -0.841. The second-order valence-electron chi connectivity index (χ2n) is 7.71. The molecule has 6 nitrogen and oxygen atoms in total. The van der Waals surface area contributed by atoms with Crippen LogP contribution in [0.2, 0.25) is 0 Å². The van der Waals surface area contributed by atoms with Crippen molar-refractivity contribution in [3.05, 3.63) is 77.1 Å². The largest absolute Gasteiger partial charge is 0.334 e. The molecule has 0 radical (unpaired) electrons. The Bertz CT molecular complexity index is 1060. The van der Waals surface area contributed by atoms with Crippen LogP contribution in [0.5, 0.6) is 0 Å². The summed E-state index contributed by atoms with van der Waals surface area (Å²) >= 11 is 0. The number of fused-ring (bicyclic) bond motifs is 1. The molecule has 4 rings (SSSR count).